The van der Waals surface area contributed by atoms with Crippen molar-refractivity contribution < 1.29 is 12.9 Å². The lowest BCUT2D eigenvalue weighted by atomic mass is 10.2. The Morgan fingerprint density at radius 2 is 1.92 bits per heavy atom. The third kappa shape index (κ3) is 3.26. The predicted octanol–water partition coefficient (Wildman–Crippen LogP) is 4.89. The first-order valence-corrected chi connectivity index (χ1v) is 10.2. The lowest BCUT2D eigenvalue weighted by molar-refractivity contribution is 0.427. The van der Waals surface area contributed by atoms with Gasteiger partial charge in [-0.1, -0.05) is 11.2 Å². The molecule has 1 aromatic carbocycles. The van der Waals surface area contributed by atoms with Crippen LogP contribution in [0, 0.1) is 20.8 Å². The summed E-state index contributed by atoms with van der Waals surface area (Å²) in [6, 6.07) is 8.75. The van der Waals surface area contributed by atoms with E-state index in [4.69, 9.17) is 4.52 Å². The molecule has 5 nitrogen and oxygen atoms in total. The van der Waals surface area contributed by atoms with Crippen molar-refractivity contribution in [1.82, 2.24) is 5.16 Å². The molecule has 0 aliphatic carbocycles. The summed E-state index contributed by atoms with van der Waals surface area (Å²) in [6.07, 6.45) is 0. The Bertz CT molecular complexity index is 1010. The van der Waals surface area contributed by atoms with Crippen LogP contribution >= 0.6 is 27.3 Å². The van der Waals surface area contributed by atoms with Crippen molar-refractivity contribution in [2.45, 2.75) is 25.0 Å². The summed E-state index contributed by atoms with van der Waals surface area (Å²) < 4.78 is 34.0. The highest BCUT2D eigenvalue weighted by atomic mass is 79.9. The van der Waals surface area contributed by atoms with Crippen LogP contribution in [0.2, 0.25) is 0 Å². The van der Waals surface area contributed by atoms with Crippen LogP contribution in [-0.2, 0) is 10.0 Å². The normalized spacial score (nSPS) is 11.7. The lowest BCUT2D eigenvalue weighted by Gasteiger charge is -2.08. The number of hydrogen-bond donors (Lipinski definition) is 1. The van der Waals surface area contributed by atoms with Gasteiger partial charge in [0, 0.05) is 10.0 Å². The van der Waals surface area contributed by atoms with E-state index in [0.717, 1.165) is 33.0 Å². The molecule has 2 heterocycles. The summed E-state index contributed by atoms with van der Waals surface area (Å²) in [5, 5.41) is 3.91. The van der Waals surface area contributed by atoms with Crippen molar-refractivity contribution in [2.24, 2.45) is 0 Å². The summed E-state index contributed by atoms with van der Waals surface area (Å²) in [6.45, 7) is 5.69. The summed E-state index contributed by atoms with van der Waals surface area (Å²) in [5.41, 5.74) is 3.25. The number of nitrogens with one attached hydrogen (secondary N) is 1. The standard InChI is InChI=1S/C16H15BrN2O3S2/c1-9-4-5-13(12(17)8-9)19-24(20,21)15-7-6-14(23-15)16-10(2)11(3)18-22-16/h4-8,19H,1-3H3. The highest BCUT2D eigenvalue weighted by Crippen LogP contribution is 2.35. The molecule has 3 aromatic rings. The summed E-state index contributed by atoms with van der Waals surface area (Å²) in [5.74, 6) is 0.607. The first-order chi connectivity index (χ1) is 11.3. The summed E-state index contributed by atoms with van der Waals surface area (Å²) in [7, 11) is -3.67. The van der Waals surface area contributed by atoms with E-state index in [2.05, 4.69) is 25.8 Å². The minimum atomic E-state index is -3.67. The van der Waals surface area contributed by atoms with Crippen LogP contribution in [0.15, 0.2) is 43.5 Å². The molecule has 0 saturated carbocycles. The van der Waals surface area contributed by atoms with Gasteiger partial charge in [-0.15, -0.1) is 11.3 Å². The second-order valence-corrected chi connectivity index (χ2v) is 9.28. The molecule has 0 aliphatic heterocycles. The maximum Gasteiger partial charge on any atom is 0.271 e. The minimum absolute atomic E-state index is 0.221. The third-order valence-corrected chi connectivity index (χ3v) is 7.19. The van der Waals surface area contributed by atoms with Gasteiger partial charge >= 0.3 is 0 Å². The molecule has 24 heavy (non-hydrogen) atoms. The van der Waals surface area contributed by atoms with Gasteiger partial charge in [0.25, 0.3) is 10.0 Å². The molecule has 2 aromatic heterocycles. The highest BCUT2D eigenvalue weighted by molar-refractivity contribution is 9.10. The highest BCUT2D eigenvalue weighted by Gasteiger charge is 2.21. The Labute approximate surface area is 152 Å². The largest absolute Gasteiger partial charge is 0.355 e. The zero-order chi connectivity index (χ0) is 17.5. The van der Waals surface area contributed by atoms with Gasteiger partial charge in [0.2, 0.25) is 0 Å². The quantitative estimate of drug-likeness (QED) is 0.644. The molecule has 0 fully saturated rings. The van der Waals surface area contributed by atoms with Crippen molar-refractivity contribution in [3.05, 3.63) is 51.6 Å². The molecule has 0 unspecified atom stereocenters. The maximum atomic E-state index is 12.6. The number of aryl methyl sites for hydroxylation is 2. The van der Waals surface area contributed by atoms with Gasteiger partial charge in [-0.3, -0.25) is 4.72 Å². The Morgan fingerprint density at radius 1 is 1.17 bits per heavy atom. The number of rotatable bonds is 4. The molecular weight excluding hydrogens is 412 g/mol. The van der Waals surface area contributed by atoms with Crippen LogP contribution < -0.4 is 4.72 Å². The molecule has 0 atom stereocenters. The second-order valence-electron chi connectivity index (χ2n) is 5.43. The lowest BCUT2D eigenvalue weighted by Crippen LogP contribution is -2.11. The Hall–Kier alpha value is -1.64. The van der Waals surface area contributed by atoms with Crippen LogP contribution in [0.1, 0.15) is 16.8 Å². The molecule has 0 radical (unpaired) electrons. The van der Waals surface area contributed by atoms with E-state index < -0.39 is 10.0 Å². The third-order valence-electron chi connectivity index (χ3n) is 3.60. The molecule has 126 valence electrons. The monoisotopic (exact) mass is 426 g/mol. The molecule has 0 saturated heterocycles. The Kier molecular flexibility index (Phi) is 4.54. The minimum Gasteiger partial charge on any atom is -0.355 e. The van der Waals surface area contributed by atoms with Gasteiger partial charge in [0.1, 0.15) is 4.21 Å². The number of hydrogen-bond acceptors (Lipinski definition) is 5. The molecular formula is C16H15BrN2O3S2. The topological polar surface area (TPSA) is 72.2 Å². The number of halogens is 1. The van der Waals surface area contributed by atoms with E-state index in [1.165, 1.54) is 0 Å². The molecule has 8 heteroatoms. The van der Waals surface area contributed by atoms with Crippen molar-refractivity contribution in [2.75, 3.05) is 4.72 Å². The molecule has 0 bridgehead atoms. The second kappa shape index (κ2) is 6.34. The number of thiophene rings is 1. The van der Waals surface area contributed by atoms with Gasteiger partial charge in [0.05, 0.1) is 16.3 Å². The van der Waals surface area contributed by atoms with Gasteiger partial charge in [0.15, 0.2) is 5.76 Å². The fraction of sp³-hybridized carbons (Fsp3) is 0.188. The van der Waals surface area contributed by atoms with Crippen LogP contribution in [0.4, 0.5) is 5.69 Å². The first-order valence-electron chi connectivity index (χ1n) is 7.10. The average Bonchev–Trinajstić information content (AvgIpc) is 3.11. The van der Waals surface area contributed by atoms with Crippen LogP contribution in [-0.4, -0.2) is 13.6 Å². The van der Waals surface area contributed by atoms with Crippen LogP contribution in [0.3, 0.4) is 0 Å². The van der Waals surface area contributed by atoms with Gasteiger partial charge < -0.3 is 4.52 Å². The smallest absolute Gasteiger partial charge is 0.271 e. The number of nitrogens with zero attached hydrogens (tertiary/aromatic N) is 1. The number of anilines is 1. The predicted molar refractivity (Wildman–Crippen MR) is 99.0 cm³/mol. The number of sulfonamides is 1. The SMILES string of the molecule is Cc1ccc(NS(=O)(=O)c2ccc(-c3onc(C)c3C)s2)c(Br)c1. The molecule has 0 spiro atoms. The molecule has 0 amide bonds. The maximum absolute atomic E-state index is 12.6. The fourth-order valence-electron chi connectivity index (χ4n) is 2.13. The van der Waals surface area contributed by atoms with Crippen molar-refractivity contribution in [3.63, 3.8) is 0 Å². The van der Waals surface area contributed by atoms with E-state index in [-0.39, 0.29) is 4.21 Å². The van der Waals surface area contributed by atoms with E-state index >= 15 is 0 Å². The van der Waals surface area contributed by atoms with Crippen LogP contribution in [0.25, 0.3) is 10.6 Å². The van der Waals surface area contributed by atoms with E-state index in [1.54, 1.807) is 18.2 Å². The van der Waals surface area contributed by atoms with E-state index in [9.17, 15) is 8.42 Å². The van der Waals surface area contributed by atoms with Crippen molar-refractivity contribution in [1.29, 1.82) is 0 Å². The van der Waals surface area contributed by atoms with Crippen molar-refractivity contribution in [3.8, 4) is 10.6 Å². The van der Waals surface area contributed by atoms with E-state index in [1.807, 2.05) is 32.9 Å². The van der Waals surface area contributed by atoms with Crippen LogP contribution in [0.5, 0.6) is 0 Å². The van der Waals surface area contributed by atoms with Gasteiger partial charge in [-0.25, -0.2) is 8.42 Å². The van der Waals surface area contributed by atoms with Gasteiger partial charge in [-0.2, -0.15) is 0 Å². The Balaban J connectivity index is 1.92. The summed E-state index contributed by atoms with van der Waals surface area (Å²) in [4.78, 5) is 0.733. The van der Waals surface area contributed by atoms with Gasteiger partial charge in [-0.05, 0) is 66.5 Å². The number of aromatic nitrogens is 1. The molecule has 1 N–H and O–H groups in total. The van der Waals surface area contributed by atoms with Crippen molar-refractivity contribution >= 4 is 43.0 Å². The first kappa shape index (κ1) is 17.2. The molecule has 3 rings (SSSR count). The summed E-state index contributed by atoms with van der Waals surface area (Å²) >= 11 is 4.53. The zero-order valence-corrected chi connectivity index (χ0v) is 16.5. The Morgan fingerprint density at radius 3 is 2.54 bits per heavy atom. The fourth-order valence-corrected chi connectivity index (χ4v) is 5.27. The van der Waals surface area contributed by atoms with E-state index in [0.29, 0.717) is 15.9 Å². The zero-order valence-electron chi connectivity index (χ0n) is 13.3. The average molecular weight is 427 g/mol. The molecule has 0 aliphatic rings. The number of benzene rings is 1.